The van der Waals surface area contributed by atoms with Gasteiger partial charge in [0.1, 0.15) is 0 Å². The van der Waals surface area contributed by atoms with Crippen LogP contribution in [-0.2, 0) is 16.1 Å². The van der Waals surface area contributed by atoms with Gasteiger partial charge < -0.3 is 9.47 Å². The monoisotopic (exact) mass is 220 g/mol. The number of ether oxygens (including phenoxy) is 2. The lowest BCUT2D eigenvalue weighted by Gasteiger charge is -2.19. The molecule has 88 valence electrons. The molecule has 1 saturated heterocycles. The van der Waals surface area contributed by atoms with E-state index in [1.54, 1.807) is 0 Å². The van der Waals surface area contributed by atoms with E-state index in [0.717, 1.165) is 12.8 Å². The summed E-state index contributed by atoms with van der Waals surface area (Å²) in [6.07, 6.45) is 2.52. The Morgan fingerprint density at radius 3 is 2.69 bits per heavy atom. The molecule has 1 aromatic carbocycles. The highest BCUT2D eigenvalue weighted by molar-refractivity contribution is 5.13. The topological polar surface area (TPSA) is 18.5 Å². The Hall–Kier alpha value is -0.860. The Labute approximate surface area is 97.6 Å². The quantitative estimate of drug-likeness (QED) is 0.776. The molecule has 2 heteroatoms. The van der Waals surface area contributed by atoms with Gasteiger partial charge in [-0.25, -0.2) is 0 Å². The molecule has 0 N–H and O–H groups in total. The van der Waals surface area contributed by atoms with Crippen LogP contribution >= 0.6 is 0 Å². The van der Waals surface area contributed by atoms with Crippen molar-refractivity contribution < 1.29 is 9.47 Å². The maximum absolute atomic E-state index is 5.86. The van der Waals surface area contributed by atoms with E-state index < -0.39 is 0 Å². The van der Waals surface area contributed by atoms with E-state index in [4.69, 9.17) is 9.47 Å². The van der Waals surface area contributed by atoms with Crippen LogP contribution in [-0.4, -0.2) is 18.3 Å². The molecule has 0 saturated carbocycles. The molecule has 1 aliphatic rings. The van der Waals surface area contributed by atoms with E-state index in [-0.39, 0.29) is 11.7 Å². The fraction of sp³-hybridized carbons (Fsp3) is 0.571. The van der Waals surface area contributed by atoms with E-state index in [9.17, 15) is 0 Å². The summed E-state index contributed by atoms with van der Waals surface area (Å²) in [6, 6.07) is 10.3. The van der Waals surface area contributed by atoms with Crippen molar-refractivity contribution in [3.63, 3.8) is 0 Å². The molecule has 1 aliphatic heterocycles. The van der Waals surface area contributed by atoms with Crippen LogP contribution in [0.25, 0.3) is 0 Å². The van der Waals surface area contributed by atoms with Crippen molar-refractivity contribution in [3.05, 3.63) is 35.9 Å². The minimum Gasteiger partial charge on any atom is -0.374 e. The maximum Gasteiger partial charge on any atom is 0.0817 e. The summed E-state index contributed by atoms with van der Waals surface area (Å²) in [5, 5.41) is 0. The Kier molecular flexibility index (Phi) is 3.62. The largest absolute Gasteiger partial charge is 0.374 e. The summed E-state index contributed by atoms with van der Waals surface area (Å²) in [4.78, 5) is 0. The average molecular weight is 220 g/mol. The Balaban J connectivity index is 1.70. The van der Waals surface area contributed by atoms with Crippen molar-refractivity contribution in [1.29, 1.82) is 0 Å². The zero-order valence-corrected chi connectivity index (χ0v) is 10.1. The van der Waals surface area contributed by atoms with Crippen molar-refractivity contribution >= 4 is 0 Å². The molecule has 0 aromatic heterocycles. The van der Waals surface area contributed by atoms with E-state index in [1.165, 1.54) is 5.56 Å². The van der Waals surface area contributed by atoms with E-state index in [1.807, 2.05) is 18.2 Å². The minimum atomic E-state index is 0.0424. The number of hydrogen-bond donors (Lipinski definition) is 0. The molecule has 1 heterocycles. The van der Waals surface area contributed by atoms with Gasteiger partial charge in [0.25, 0.3) is 0 Å². The summed E-state index contributed by atoms with van der Waals surface area (Å²) in [7, 11) is 0. The summed E-state index contributed by atoms with van der Waals surface area (Å²) < 4.78 is 11.5. The normalized spacial score (nSPS) is 23.5. The van der Waals surface area contributed by atoms with Gasteiger partial charge in [-0.3, -0.25) is 0 Å². The van der Waals surface area contributed by atoms with Crippen molar-refractivity contribution in [3.8, 4) is 0 Å². The van der Waals surface area contributed by atoms with Gasteiger partial charge in [0.15, 0.2) is 0 Å². The third kappa shape index (κ3) is 3.32. The average Bonchev–Trinajstić information content (AvgIpc) is 2.60. The number of rotatable bonds is 4. The number of hydrogen-bond acceptors (Lipinski definition) is 2. The fourth-order valence-corrected chi connectivity index (χ4v) is 2.08. The summed E-state index contributed by atoms with van der Waals surface area (Å²) in [6.45, 7) is 5.67. The van der Waals surface area contributed by atoms with Crippen LogP contribution in [0.15, 0.2) is 30.3 Å². The van der Waals surface area contributed by atoms with Gasteiger partial charge in [0.05, 0.1) is 24.9 Å². The van der Waals surface area contributed by atoms with Crippen LogP contribution in [0, 0.1) is 0 Å². The molecule has 2 rings (SSSR count). The highest BCUT2D eigenvalue weighted by Gasteiger charge is 2.31. The van der Waals surface area contributed by atoms with Crippen LogP contribution in [0.5, 0.6) is 0 Å². The van der Waals surface area contributed by atoms with Crippen molar-refractivity contribution in [2.24, 2.45) is 0 Å². The first-order valence-electron chi connectivity index (χ1n) is 5.95. The van der Waals surface area contributed by atoms with Crippen LogP contribution in [0.3, 0.4) is 0 Å². The first-order chi connectivity index (χ1) is 7.66. The highest BCUT2D eigenvalue weighted by Crippen LogP contribution is 2.29. The van der Waals surface area contributed by atoms with E-state index in [2.05, 4.69) is 26.0 Å². The molecule has 1 atom stereocenters. The lowest BCUT2D eigenvalue weighted by Crippen LogP contribution is -2.22. The lowest BCUT2D eigenvalue weighted by atomic mass is 10.1. The summed E-state index contributed by atoms with van der Waals surface area (Å²) in [5.74, 6) is 0. The SMILES string of the molecule is CC1(C)CC[C@H](COCc2ccccc2)O1. The number of benzene rings is 1. The molecular formula is C14H20O2. The van der Waals surface area contributed by atoms with Gasteiger partial charge in [0, 0.05) is 0 Å². The molecule has 1 aromatic rings. The minimum absolute atomic E-state index is 0.0424. The molecule has 0 bridgehead atoms. The Morgan fingerprint density at radius 2 is 2.06 bits per heavy atom. The van der Waals surface area contributed by atoms with Gasteiger partial charge in [-0.05, 0) is 32.3 Å². The van der Waals surface area contributed by atoms with Gasteiger partial charge in [0.2, 0.25) is 0 Å². The van der Waals surface area contributed by atoms with Crippen LogP contribution in [0.4, 0.5) is 0 Å². The van der Waals surface area contributed by atoms with Crippen LogP contribution in [0.2, 0.25) is 0 Å². The predicted molar refractivity (Wildman–Crippen MR) is 64.3 cm³/mol. The molecule has 0 spiro atoms. The highest BCUT2D eigenvalue weighted by atomic mass is 16.5. The third-order valence-electron chi connectivity index (χ3n) is 2.97. The molecular weight excluding hydrogens is 200 g/mol. The summed E-state index contributed by atoms with van der Waals surface area (Å²) >= 11 is 0. The van der Waals surface area contributed by atoms with Gasteiger partial charge in [-0.15, -0.1) is 0 Å². The van der Waals surface area contributed by atoms with Gasteiger partial charge in [-0.2, -0.15) is 0 Å². The van der Waals surface area contributed by atoms with Crippen LogP contribution < -0.4 is 0 Å². The third-order valence-corrected chi connectivity index (χ3v) is 2.97. The molecule has 2 nitrogen and oxygen atoms in total. The van der Waals surface area contributed by atoms with E-state index in [0.29, 0.717) is 13.2 Å². The van der Waals surface area contributed by atoms with Crippen LogP contribution in [0.1, 0.15) is 32.3 Å². The summed E-state index contributed by atoms with van der Waals surface area (Å²) in [5.41, 5.74) is 1.26. The first kappa shape index (κ1) is 11.6. The molecule has 1 fully saturated rings. The molecule has 0 unspecified atom stereocenters. The second kappa shape index (κ2) is 4.98. The van der Waals surface area contributed by atoms with Crippen molar-refractivity contribution in [1.82, 2.24) is 0 Å². The zero-order valence-electron chi connectivity index (χ0n) is 10.1. The second-order valence-corrected chi connectivity index (χ2v) is 5.04. The van der Waals surface area contributed by atoms with Gasteiger partial charge >= 0.3 is 0 Å². The van der Waals surface area contributed by atoms with E-state index >= 15 is 0 Å². The zero-order chi connectivity index (χ0) is 11.4. The van der Waals surface area contributed by atoms with Gasteiger partial charge in [-0.1, -0.05) is 30.3 Å². The molecule has 16 heavy (non-hydrogen) atoms. The van der Waals surface area contributed by atoms with Crippen molar-refractivity contribution in [2.75, 3.05) is 6.61 Å². The molecule has 0 radical (unpaired) electrons. The first-order valence-corrected chi connectivity index (χ1v) is 5.95. The predicted octanol–water partition coefficient (Wildman–Crippen LogP) is 3.16. The molecule has 0 aliphatic carbocycles. The lowest BCUT2D eigenvalue weighted by molar-refractivity contribution is -0.0562. The standard InChI is InChI=1S/C14H20O2/c1-14(2)9-8-13(16-14)11-15-10-12-6-4-3-5-7-12/h3-7,13H,8-11H2,1-2H3/t13-/m1/s1. The Bertz CT molecular complexity index is 319. The van der Waals surface area contributed by atoms with Crippen molar-refractivity contribution in [2.45, 2.75) is 45.0 Å². The maximum atomic E-state index is 5.86. The fourth-order valence-electron chi connectivity index (χ4n) is 2.08. The second-order valence-electron chi connectivity index (χ2n) is 5.04. The smallest absolute Gasteiger partial charge is 0.0817 e. The molecule has 0 amide bonds. The Morgan fingerprint density at radius 1 is 1.31 bits per heavy atom.